The van der Waals surface area contributed by atoms with Crippen molar-refractivity contribution >= 4 is 15.9 Å². The fourth-order valence-electron chi connectivity index (χ4n) is 3.24. The number of hydrogen-bond acceptors (Lipinski definition) is 3. The van der Waals surface area contributed by atoms with Gasteiger partial charge in [-0.2, -0.15) is 5.26 Å². The van der Waals surface area contributed by atoms with Crippen molar-refractivity contribution in [1.29, 1.82) is 5.26 Å². The van der Waals surface area contributed by atoms with Gasteiger partial charge in [-0.3, -0.25) is 4.90 Å². The highest BCUT2D eigenvalue weighted by atomic mass is 79.9. The molecule has 0 bridgehead atoms. The zero-order valence-electron chi connectivity index (χ0n) is 13.1. The lowest BCUT2D eigenvalue weighted by molar-refractivity contribution is 0.322. The minimum atomic E-state index is 0.0170. The molecule has 2 aromatic carbocycles. The van der Waals surface area contributed by atoms with Crippen LogP contribution in [-0.2, 0) is 6.54 Å². The average Bonchev–Trinajstić information content (AvgIpc) is 2.98. The molecule has 0 radical (unpaired) electrons. The summed E-state index contributed by atoms with van der Waals surface area (Å²) in [7, 11) is 1.66. The number of methoxy groups -OCH3 is 1. The molecule has 0 aliphatic carbocycles. The summed E-state index contributed by atoms with van der Waals surface area (Å²) in [6.45, 7) is 2.61. The van der Waals surface area contributed by atoms with Crippen LogP contribution in [0.4, 0.5) is 0 Å². The predicted molar refractivity (Wildman–Crippen MR) is 94.3 cm³/mol. The van der Waals surface area contributed by atoms with Crippen molar-refractivity contribution in [2.24, 2.45) is 5.92 Å². The van der Waals surface area contributed by atoms with E-state index in [4.69, 9.17) is 4.74 Å². The van der Waals surface area contributed by atoms with E-state index in [1.54, 1.807) is 7.11 Å². The second-order valence-corrected chi connectivity index (χ2v) is 6.76. The summed E-state index contributed by atoms with van der Waals surface area (Å²) in [6, 6.07) is 18.9. The molecule has 1 heterocycles. The number of rotatable bonds is 4. The lowest BCUT2D eigenvalue weighted by Gasteiger charge is -2.17. The fourth-order valence-corrected chi connectivity index (χ4v) is 3.89. The number of nitrogens with zero attached hydrogens (tertiary/aromatic N) is 2. The van der Waals surface area contributed by atoms with Crippen molar-refractivity contribution in [2.75, 3.05) is 20.2 Å². The van der Waals surface area contributed by atoms with E-state index in [0.29, 0.717) is 0 Å². The Morgan fingerprint density at radius 1 is 1.22 bits per heavy atom. The SMILES string of the molecule is COc1ccc(C2CN(Cc3ccccc3)CC2C#N)c(Br)c1. The normalized spacial score (nSPS) is 21.1. The van der Waals surface area contributed by atoms with Crippen molar-refractivity contribution < 1.29 is 4.74 Å². The van der Waals surface area contributed by atoms with Gasteiger partial charge in [-0.15, -0.1) is 0 Å². The van der Waals surface area contributed by atoms with Crippen LogP contribution in [0, 0.1) is 17.2 Å². The lowest BCUT2D eigenvalue weighted by atomic mass is 9.90. The van der Waals surface area contributed by atoms with Crippen LogP contribution >= 0.6 is 15.9 Å². The summed E-state index contributed by atoms with van der Waals surface area (Å²) < 4.78 is 6.28. The maximum atomic E-state index is 9.56. The van der Waals surface area contributed by atoms with Gasteiger partial charge < -0.3 is 4.74 Å². The monoisotopic (exact) mass is 370 g/mol. The molecule has 1 aliphatic heterocycles. The fraction of sp³-hybridized carbons (Fsp3) is 0.316. The first-order chi connectivity index (χ1) is 11.2. The van der Waals surface area contributed by atoms with Crippen LogP contribution < -0.4 is 4.74 Å². The number of likely N-dealkylation sites (tertiary alicyclic amines) is 1. The van der Waals surface area contributed by atoms with E-state index >= 15 is 0 Å². The molecule has 3 nitrogen and oxygen atoms in total. The Balaban J connectivity index is 1.78. The van der Waals surface area contributed by atoms with Crippen LogP contribution in [0.5, 0.6) is 5.75 Å². The van der Waals surface area contributed by atoms with Gasteiger partial charge in [0.15, 0.2) is 0 Å². The summed E-state index contributed by atoms with van der Waals surface area (Å²) in [4.78, 5) is 2.37. The third-order valence-corrected chi connectivity index (χ3v) is 5.10. The molecule has 23 heavy (non-hydrogen) atoms. The Morgan fingerprint density at radius 3 is 2.65 bits per heavy atom. The lowest BCUT2D eigenvalue weighted by Crippen LogP contribution is -2.20. The second kappa shape index (κ2) is 7.16. The van der Waals surface area contributed by atoms with E-state index in [1.807, 2.05) is 18.2 Å². The zero-order chi connectivity index (χ0) is 16.2. The predicted octanol–water partition coefficient (Wildman–Crippen LogP) is 4.20. The third-order valence-electron chi connectivity index (χ3n) is 4.42. The highest BCUT2D eigenvalue weighted by Gasteiger charge is 2.34. The Morgan fingerprint density at radius 2 is 2.00 bits per heavy atom. The summed E-state index contributed by atoms with van der Waals surface area (Å²) in [5, 5.41) is 9.56. The molecule has 0 saturated carbocycles. The summed E-state index contributed by atoms with van der Waals surface area (Å²) >= 11 is 3.63. The second-order valence-electron chi connectivity index (χ2n) is 5.91. The molecule has 0 amide bonds. The van der Waals surface area contributed by atoms with E-state index in [2.05, 4.69) is 57.2 Å². The quantitative estimate of drug-likeness (QED) is 0.808. The Bertz CT molecular complexity index is 711. The molecule has 1 fully saturated rings. The van der Waals surface area contributed by atoms with Gasteiger partial charge in [-0.25, -0.2) is 0 Å². The molecule has 1 aliphatic rings. The minimum absolute atomic E-state index is 0.0170. The number of nitriles is 1. The maximum Gasteiger partial charge on any atom is 0.120 e. The van der Waals surface area contributed by atoms with Gasteiger partial charge in [-0.05, 0) is 23.3 Å². The molecule has 4 heteroatoms. The van der Waals surface area contributed by atoms with Crippen LogP contribution in [-0.4, -0.2) is 25.1 Å². The van der Waals surface area contributed by atoms with Crippen LogP contribution in [0.3, 0.4) is 0 Å². The van der Waals surface area contributed by atoms with E-state index in [1.165, 1.54) is 11.1 Å². The first-order valence-corrected chi connectivity index (χ1v) is 8.50. The highest BCUT2D eigenvalue weighted by molar-refractivity contribution is 9.10. The third kappa shape index (κ3) is 3.57. The molecule has 118 valence electrons. The van der Waals surface area contributed by atoms with Gasteiger partial charge in [0.2, 0.25) is 0 Å². The van der Waals surface area contributed by atoms with E-state index in [-0.39, 0.29) is 11.8 Å². The smallest absolute Gasteiger partial charge is 0.120 e. The Labute approximate surface area is 145 Å². The standard InChI is InChI=1S/C19H19BrN2O/c1-23-16-7-8-17(19(20)9-16)18-13-22(12-15(18)10-21)11-14-5-3-2-4-6-14/h2-9,15,18H,11-13H2,1H3. The van der Waals surface area contributed by atoms with Crippen molar-refractivity contribution in [1.82, 2.24) is 4.90 Å². The molecule has 2 atom stereocenters. The van der Waals surface area contributed by atoms with Crippen LogP contribution in [0.1, 0.15) is 17.0 Å². The highest BCUT2D eigenvalue weighted by Crippen LogP contribution is 2.38. The van der Waals surface area contributed by atoms with Gasteiger partial charge in [0.05, 0.1) is 19.1 Å². The van der Waals surface area contributed by atoms with Crippen molar-refractivity contribution in [3.8, 4) is 11.8 Å². The number of ether oxygens (including phenoxy) is 1. The van der Waals surface area contributed by atoms with Gasteiger partial charge in [0, 0.05) is 30.0 Å². The van der Waals surface area contributed by atoms with Crippen molar-refractivity contribution in [2.45, 2.75) is 12.5 Å². The number of halogens is 1. The molecule has 3 rings (SSSR count). The molecule has 2 unspecified atom stereocenters. The van der Waals surface area contributed by atoms with Crippen LogP contribution in [0.2, 0.25) is 0 Å². The summed E-state index contributed by atoms with van der Waals surface area (Å²) in [5.41, 5.74) is 2.48. The van der Waals surface area contributed by atoms with Gasteiger partial charge in [0.25, 0.3) is 0 Å². The van der Waals surface area contributed by atoms with Gasteiger partial charge in [0.1, 0.15) is 5.75 Å². The molecule has 1 saturated heterocycles. The van der Waals surface area contributed by atoms with Crippen molar-refractivity contribution in [3.63, 3.8) is 0 Å². The maximum absolute atomic E-state index is 9.56. The van der Waals surface area contributed by atoms with E-state index in [0.717, 1.165) is 29.9 Å². The largest absolute Gasteiger partial charge is 0.497 e. The van der Waals surface area contributed by atoms with Crippen LogP contribution in [0.25, 0.3) is 0 Å². The van der Waals surface area contributed by atoms with Gasteiger partial charge >= 0.3 is 0 Å². The van der Waals surface area contributed by atoms with Crippen molar-refractivity contribution in [3.05, 3.63) is 64.1 Å². The molecule has 2 aromatic rings. The topological polar surface area (TPSA) is 36.3 Å². The summed E-state index contributed by atoms with van der Waals surface area (Å²) in [6.07, 6.45) is 0. The number of benzene rings is 2. The molecular weight excluding hydrogens is 352 g/mol. The average molecular weight is 371 g/mol. The first-order valence-electron chi connectivity index (χ1n) is 7.70. The zero-order valence-corrected chi connectivity index (χ0v) is 14.7. The van der Waals surface area contributed by atoms with E-state index < -0.39 is 0 Å². The first kappa shape index (κ1) is 16.0. The molecule has 0 spiro atoms. The number of hydrogen-bond donors (Lipinski definition) is 0. The van der Waals surface area contributed by atoms with Gasteiger partial charge in [-0.1, -0.05) is 52.3 Å². The minimum Gasteiger partial charge on any atom is -0.497 e. The van der Waals surface area contributed by atoms with Crippen LogP contribution in [0.15, 0.2) is 53.0 Å². The Hall–Kier alpha value is -1.83. The molecule has 0 aromatic heterocycles. The van der Waals surface area contributed by atoms with E-state index in [9.17, 15) is 5.26 Å². The molecular formula is C19H19BrN2O. The summed E-state index contributed by atoms with van der Waals surface area (Å²) in [5.74, 6) is 1.07. The molecule has 0 N–H and O–H groups in total. The Kier molecular flexibility index (Phi) is 5.00.